The number of hydrogen-bond acceptors (Lipinski definition) is 4. The average molecular weight is 447 g/mol. The van der Waals surface area contributed by atoms with Crippen molar-refractivity contribution in [2.24, 2.45) is 5.92 Å². The number of hydrogen-bond donors (Lipinski definition) is 3. The van der Waals surface area contributed by atoms with Crippen LogP contribution in [0.15, 0.2) is 48.5 Å². The maximum Gasteiger partial charge on any atom is 0.325 e. The Kier molecular flexibility index (Phi) is 5.36. The maximum absolute atomic E-state index is 13.3. The highest BCUT2D eigenvalue weighted by molar-refractivity contribution is 6.09. The highest BCUT2D eigenvalue weighted by atomic mass is 16.2. The van der Waals surface area contributed by atoms with Gasteiger partial charge in [0.25, 0.3) is 5.91 Å². The van der Waals surface area contributed by atoms with Crippen molar-refractivity contribution in [1.82, 2.24) is 15.5 Å². The summed E-state index contributed by atoms with van der Waals surface area (Å²) in [7, 11) is 0. The zero-order valence-corrected chi connectivity index (χ0v) is 18.2. The zero-order valence-electron chi connectivity index (χ0n) is 18.2. The van der Waals surface area contributed by atoms with Crippen molar-refractivity contribution in [2.75, 3.05) is 11.9 Å². The van der Waals surface area contributed by atoms with Gasteiger partial charge in [-0.1, -0.05) is 36.4 Å². The molecule has 3 aliphatic rings. The van der Waals surface area contributed by atoms with Gasteiger partial charge in [-0.3, -0.25) is 19.3 Å². The summed E-state index contributed by atoms with van der Waals surface area (Å²) in [4.78, 5) is 51.3. The van der Waals surface area contributed by atoms with Crippen LogP contribution in [0.3, 0.4) is 0 Å². The summed E-state index contributed by atoms with van der Waals surface area (Å²) in [6.07, 6.45) is 4.07. The van der Waals surface area contributed by atoms with Gasteiger partial charge in [-0.05, 0) is 60.9 Å². The first kappa shape index (κ1) is 21.2. The number of urea groups is 1. The molecule has 1 aliphatic heterocycles. The Hall–Kier alpha value is -3.68. The normalized spacial score (nSPS) is 21.5. The SMILES string of the molecule is O=C(CN1C(=O)N[C@@]2(CCCc3ccccc32)C1=O)NCc1ccc(NC(=O)C2CC2)cc1. The first-order chi connectivity index (χ1) is 16.0. The summed E-state index contributed by atoms with van der Waals surface area (Å²) in [6, 6.07) is 14.4. The smallest absolute Gasteiger partial charge is 0.325 e. The molecule has 1 atom stereocenters. The molecule has 170 valence electrons. The number of nitrogens with zero attached hydrogens (tertiary/aromatic N) is 1. The van der Waals surface area contributed by atoms with Gasteiger partial charge < -0.3 is 16.0 Å². The molecule has 5 rings (SSSR count). The number of rotatable bonds is 6. The first-order valence-corrected chi connectivity index (χ1v) is 11.4. The molecule has 3 N–H and O–H groups in total. The lowest BCUT2D eigenvalue weighted by Gasteiger charge is -2.33. The fourth-order valence-electron chi connectivity index (χ4n) is 4.65. The van der Waals surface area contributed by atoms with Crippen molar-refractivity contribution in [3.63, 3.8) is 0 Å². The van der Waals surface area contributed by atoms with Crippen molar-refractivity contribution < 1.29 is 19.2 Å². The van der Waals surface area contributed by atoms with Crippen molar-refractivity contribution in [3.8, 4) is 0 Å². The van der Waals surface area contributed by atoms with Gasteiger partial charge in [0.1, 0.15) is 12.1 Å². The van der Waals surface area contributed by atoms with E-state index in [-0.39, 0.29) is 30.8 Å². The summed E-state index contributed by atoms with van der Waals surface area (Å²) in [6.45, 7) is -0.0720. The molecule has 1 saturated heterocycles. The monoisotopic (exact) mass is 446 g/mol. The van der Waals surface area contributed by atoms with Crippen LogP contribution in [0.5, 0.6) is 0 Å². The number of carbonyl (C=O) groups excluding carboxylic acids is 4. The summed E-state index contributed by atoms with van der Waals surface area (Å²) >= 11 is 0. The quantitative estimate of drug-likeness (QED) is 0.593. The lowest BCUT2D eigenvalue weighted by Crippen LogP contribution is -2.47. The highest BCUT2D eigenvalue weighted by Gasteiger charge is 2.54. The molecule has 2 aromatic rings. The highest BCUT2D eigenvalue weighted by Crippen LogP contribution is 2.39. The van der Waals surface area contributed by atoms with Crippen molar-refractivity contribution in [1.29, 1.82) is 0 Å². The third kappa shape index (κ3) is 4.08. The zero-order chi connectivity index (χ0) is 23.0. The van der Waals surface area contributed by atoms with E-state index in [9.17, 15) is 19.2 Å². The van der Waals surface area contributed by atoms with Crippen molar-refractivity contribution >= 4 is 29.4 Å². The van der Waals surface area contributed by atoms with Crippen LogP contribution in [0.2, 0.25) is 0 Å². The van der Waals surface area contributed by atoms with Gasteiger partial charge in [0, 0.05) is 18.2 Å². The number of nitrogens with one attached hydrogen (secondary N) is 3. The molecule has 2 fully saturated rings. The minimum absolute atomic E-state index is 0.0444. The molecule has 0 radical (unpaired) electrons. The van der Waals surface area contributed by atoms with Crippen molar-refractivity contribution in [3.05, 3.63) is 65.2 Å². The number of imide groups is 1. The molecule has 1 heterocycles. The molecule has 5 amide bonds. The van der Waals surface area contributed by atoms with Crippen LogP contribution in [0, 0.1) is 5.92 Å². The van der Waals surface area contributed by atoms with Gasteiger partial charge in [-0.15, -0.1) is 0 Å². The second kappa shape index (κ2) is 8.35. The van der Waals surface area contributed by atoms with E-state index in [1.165, 1.54) is 0 Å². The fourth-order valence-corrected chi connectivity index (χ4v) is 4.65. The van der Waals surface area contributed by atoms with E-state index >= 15 is 0 Å². The standard InChI is InChI=1S/C25H26N4O4/c30-21(26-14-16-7-11-19(12-8-16)27-22(31)18-9-10-18)15-29-23(32)25(28-24(29)33)13-3-5-17-4-1-2-6-20(17)25/h1-2,4,6-8,11-12,18H,3,5,9-10,13-15H2,(H,26,30)(H,27,31)(H,28,33)/t25-/m1/s1. The largest absolute Gasteiger partial charge is 0.350 e. The van der Waals surface area contributed by atoms with Crippen LogP contribution in [0.25, 0.3) is 0 Å². The van der Waals surface area contributed by atoms with E-state index in [4.69, 9.17) is 0 Å². The average Bonchev–Trinajstić information content (AvgIpc) is 3.64. The van der Waals surface area contributed by atoms with E-state index in [0.717, 1.165) is 53.0 Å². The van der Waals surface area contributed by atoms with Gasteiger partial charge in [0.15, 0.2) is 0 Å². The lowest BCUT2D eigenvalue weighted by molar-refractivity contribution is -0.135. The number of anilines is 1. The number of aryl methyl sites for hydroxylation is 1. The Labute approximate surface area is 191 Å². The van der Waals surface area contributed by atoms with E-state index in [0.29, 0.717) is 6.42 Å². The minimum atomic E-state index is -1.08. The van der Waals surface area contributed by atoms with Crippen molar-refractivity contribution in [2.45, 2.75) is 44.2 Å². The van der Waals surface area contributed by atoms with Crippen LogP contribution in [0.4, 0.5) is 10.5 Å². The van der Waals surface area contributed by atoms with Crippen LogP contribution in [0.1, 0.15) is 42.4 Å². The van der Waals surface area contributed by atoms with Gasteiger partial charge in [0.05, 0.1) is 0 Å². The second-order valence-electron chi connectivity index (χ2n) is 8.97. The molecule has 8 nitrogen and oxygen atoms in total. The number of fused-ring (bicyclic) bond motifs is 2. The summed E-state index contributed by atoms with van der Waals surface area (Å²) in [5.74, 6) is -0.602. The molecule has 8 heteroatoms. The van der Waals surface area contributed by atoms with Crippen LogP contribution in [-0.4, -0.2) is 35.2 Å². The Morgan fingerprint density at radius 2 is 1.82 bits per heavy atom. The minimum Gasteiger partial charge on any atom is -0.350 e. The third-order valence-electron chi connectivity index (χ3n) is 6.61. The van der Waals surface area contributed by atoms with Gasteiger partial charge in [0.2, 0.25) is 11.8 Å². The molecular weight excluding hydrogens is 420 g/mol. The Morgan fingerprint density at radius 3 is 2.58 bits per heavy atom. The Morgan fingerprint density at radius 1 is 1.06 bits per heavy atom. The Bertz CT molecular complexity index is 1130. The molecule has 33 heavy (non-hydrogen) atoms. The maximum atomic E-state index is 13.3. The van der Waals surface area contributed by atoms with Gasteiger partial charge >= 0.3 is 6.03 Å². The van der Waals surface area contributed by atoms with E-state index in [2.05, 4.69) is 16.0 Å². The number of benzene rings is 2. The molecule has 2 aliphatic carbocycles. The summed E-state index contributed by atoms with van der Waals surface area (Å²) < 4.78 is 0. The topological polar surface area (TPSA) is 108 Å². The molecule has 2 aromatic carbocycles. The number of amides is 5. The van der Waals surface area contributed by atoms with Crippen LogP contribution < -0.4 is 16.0 Å². The van der Waals surface area contributed by atoms with Crippen LogP contribution in [-0.2, 0) is 32.9 Å². The molecular formula is C25H26N4O4. The predicted molar refractivity (Wildman–Crippen MR) is 121 cm³/mol. The molecule has 1 spiro atoms. The molecule has 0 unspecified atom stereocenters. The number of carbonyl (C=O) groups is 4. The summed E-state index contributed by atoms with van der Waals surface area (Å²) in [5, 5.41) is 8.50. The summed E-state index contributed by atoms with van der Waals surface area (Å²) in [5.41, 5.74) is 2.38. The third-order valence-corrected chi connectivity index (χ3v) is 6.61. The fraction of sp³-hybridized carbons (Fsp3) is 0.360. The predicted octanol–water partition coefficient (Wildman–Crippen LogP) is 2.43. The first-order valence-electron chi connectivity index (χ1n) is 11.4. The lowest BCUT2D eigenvalue weighted by atomic mass is 9.76. The second-order valence-corrected chi connectivity index (χ2v) is 8.97. The van der Waals surface area contributed by atoms with E-state index in [1.807, 2.05) is 36.4 Å². The molecule has 0 bridgehead atoms. The van der Waals surface area contributed by atoms with E-state index < -0.39 is 17.5 Å². The van der Waals surface area contributed by atoms with Gasteiger partial charge in [-0.25, -0.2) is 4.79 Å². The molecule has 1 saturated carbocycles. The van der Waals surface area contributed by atoms with Crippen LogP contribution >= 0.6 is 0 Å². The molecule has 0 aromatic heterocycles. The Balaban J connectivity index is 1.19. The van der Waals surface area contributed by atoms with Gasteiger partial charge in [-0.2, -0.15) is 0 Å². The van der Waals surface area contributed by atoms with E-state index in [1.54, 1.807) is 12.1 Å².